The summed E-state index contributed by atoms with van der Waals surface area (Å²) in [7, 11) is 0. The first-order chi connectivity index (χ1) is 8.20. The molecular formula is C13H16O3S. The number of esters is 1. The van der Waals surface area contributed by atoms with Crippen molar-refractivity contribution in [3.63, 3.8) is 0 Å². The summed E-state index contributed by atoms with van der Waals surface area (Å²) in [5, 5.41) is 0.330. The van der Waals surface area contributed by atoms with Crippen LogP contribution in [0.5, 0.6) is 0 Å². The van der Waals surface area contributed by atoms with Crippen molar-refractivity contribution in [3.05, 3.63) is 35.4 Å². The Bertz CT molecular complexity index is 401. The van der Waals surface area contributed by atoms with Gasteiger partial charge < -0.3 is 9.47 Å². The van der Waals surface area contributed by atoms with Crippen molar-refractivity contribution in [3.8, 4) is 0 Å². The molecule has 0 aliphatic rings. The zero-order valence-corrected chi connectivity index (χ0v) is 10.9. The molecule has 92 valence electrons. The van der Waals surface area contributed by atoms with Gasteiger partial charge in [-0.15, -0.1) is 0 Å². The topological polar surface area (TPSA) is 35.5 Å². The zero-order valence-electron chi connectivity index (χ0n) is 10.1. The summed E-state index contributed by atoms with van der Waals surface area (Å²) in [6.45, 7) is 4.69. The highest BCUT2D eigenvalue weighted by molar-refractivity contribution is 7.80. The van der Waals surface area contributed by atoms with E-state index in [1.807, 2.05) is 19.9 Å². The van der Waals surface area contributed by atoms with E-state index in [4.69, 9.17) is 21.7 Å². The van der Waals surface area contributed by atoms with Gasteiger partial charge in [-0.2, -0.15) is 0 Å². The molecule has 1 aromatic carbocycles. The third-order valence-electron chi connectivity index (χ3n) is 2.08. The molecule has 4 heteroatoms. The van der Waals surface area contributed by atoms with E-state index in [0.717, 1.165) is 6.42 Å². The van der Waals surface area contributed by atoms with Gasteiger partial charge in [0.2, 0.25) is 0 Å². The van der Waals surface area contributed by atoms with Crippen LogP contribution in [-0.4, -0.2) is 24.2 Å². The fraction of sp³-hybridized carbons (Fsp3) is 0.385. The first kappa shape index (κ1) is 13.6. The molecule has 0 N–H and O–H groups in total. The van der Waals surface area contributed by atoms with Crippen LogP contribution in [0, 0.1) is 0 Å². The molecule has 0 amide bonds. The van der Waals surface area contributed by atoms with Crippen LogP contribution >= 0.6 is 12.2 Å². The lowest BCUT2D eigenvalue weighted by atomic mass is 10.1. The molecule has 0 aromatic heterocycles. The standard InChI is InChI=1S/C13H16O3S/c1-3-9-16-12(14)10-7-5-6-8-11(10)13(17)15-4-2/h5-8H,3-4,9H2,1-2H3. The Morgan fingerprint density at radius 2 is 1.82 bits per heavy atom. The van der Waals surface area contributed by atoms with E-state index < -0.39 is 0 Å². The molecule has 0 aliphatic carbocycles. The number of benzene rings is 1. The Labute approximate surface area is 107 Å². The molecular weight excluding hydrogens is 236 g/mol. The molecule has 3 nitrogen and oxygen atoms in total. The quantitative estimate of drug-likeness (QED) is 0.596. The SMILES string of the molecule is CCCOC(=O)c1ccccc1C(=S)OCC. The molecule has 0 bridgehead atoms. The van der Waals surface area contributed by atoms with Crippen LogP contribution in [0.25, 0.3) is 0 Å². The van der Waals surface area contributed by atoms with Crippen LogP contribution in [0.2, 0.25) is 0 Å². The van der Waals surface area contributed by atoms with Crippen LogP contribution in [0.4, 0.5) is 0 Å². The third kappa shape index (κ3) is 3.82. The summed E-state index contributed by atoms with van der Waals surface area (Å²) in [5.41, 5.74) is 1.07. The van der Waals surface area contributed by atoms with Crippen molar-refractivity contribution in [2.24, 2.45) is 0 Å². The molecule has 1 aromatic rings. The molecule has 0 atom stereocenters. The smallest absolute Gasteiger partial charge is 0.338 e. The van der Waals surface area contributed by atoms with Gasteiger partial charge in [0, 0.05) is 5.56 Å². The number of ether oxygens (including phenoxy) is 2. The largest absolute Gasteiger partial charge is 0.483 e. The fourth-order valence-electron chi connectivity index (χ4n) is 1.32. The van der Waals surface area contributed by atoms with Gasteiger partial charge >= 0.3 is 5.97 Å². The van der Waals surface area contributed by atoms with Crippen molar-refractivity contribution in [1.82, 2.24) is 0 Å². The Morgan fingerprint density at radius 3 is 2.41 bits per heavy atom. The van der Waals surface area contributed by atoms with E-state index in [2.05, 4.69) is 0 Å². The summed E-state index contributed by atoms with van der Waals surface area (Å²) in [4.78, 5) is 11.8. The summed E-state index contributed by atoms with van der Waals surface area (Å²) in [5.74, 6) is -0.357. The summed E-state index contributed by atoms with van der Waals surface area (Å²) in [6.07, 6.45) is 0.795. The number of hydrogen-bond acceptors (Lipinski definition) is 4. The van der Waals surface area contributed by atoms with Gasteiger partial charge in [-0.3, -0.25) is 0 Å². The van der Waals surface area contributed by atoms with Crippen LogP contribution < -0.4 is 0 Å². The van der Waals surface area contributed by atoms with Gasteiger partial charge in [0.25, 0.3) is 0 Å². The van der Waals surface area contributed by atoms with Gasteiger partial charge in [-0.05, 0) is 37.7 Å². The minimum atomic E-state index is -0.357. The van der Waals surface area contributed by atoms with Crippen molar-refractivity contribution in [1.29, 1.82) is 0 Å². The van der Waals surface area contributed by atoms with Crippen molar-refractivity contribution in [2.45, 2.75) is 20.3 Å². The second kappa shape index (κ2) is 7.01. The van der Waals surface area contributed by atoms with Crippen molar-refractivity contribution in [2.75, 3.05) is 13.2 Å². The van der Waals surface area contributed by atoms with Gasteiger partial charge in [0.15, 0.2) is 5.05 Å². The maximum Gasteiger partial charge on any atom is 0.338 e. The van der Waals surface area contributed by atoms with Crippen LogP contribution in [0.1, 0.15) is 36.2 Å². The van der Waals surface area contributed by atoms with E-state index in [1.54, 1.807) is 18.2 Å². The first-order valence-corrected chi connectivity index (χ1v) is 6.04. The molecule has 0 spiro atoms. The Hall–Kier alpha value is -1.42. The minimum absolute atomic E-state index is 0.330. The second-order valence-corrected chi connectivity index (χ2v) is 3.77. The molecule has 0 fully saturated rings. The molecule has 0 radical (unpaired) electrons. The predicted molar refractivity (Wildman–Crippen MR) is 70.3 cm³/mol. The van der Waals surface area contributed by atoms with Crippen molar-refractivity contribution >= 4 is 23.2 Å². The van der Waals surface area contributed by atoms with Crippen LogP contribution in [0.3, 0.4) is 0 Å². The lowest BCUT2D eigenvalue weighted by Gasteiger charge is -2.10. The van der Waals surface area contributed by atoms with Crippen LogP contribution in [-0.2, 0) is 9.47 Å². The average Bonchev–Trinajstić information content (AvgIpc) is 2.36. The average molecular weight is 252 g/mol. The van der Waals surface area contributed by atoms with Crippen molar-refractivity contribution < 1.29 is 14.3 Å². The minimum Gasteiger partial charge on any atom is -0.483 e. The van der Waals surface area contributed by atoms with Gasteiger partial charge in [0.1, 0.15) is 0 Å². The normalized spacial score (nSPS) is 9.76. The zero-order chi connectivity index (χ0) is 12.7. The maximum absolute atomic E-state index is 11.8. The number of rotatable bonds is 5. The fourth-order valence-corrected chi connectivity index (χ4v) is 1.62. The molecule has 17 heavy (non-hydrogen) atoms. The monoisotopic (exact) mass is 252 g/mol. The van der Waals surface area contributed by atoms with Gasteiger partial charge in [0.05, 0.1) is 18.8 Å². The second-order valence-electron chi connectivity index (χ2n) is 3.40. The molecule has 0 saturated heterocycles. The van der Waals surface area contributed by atoms with E-state index in [1.165, 1.54) is 0 Å². The number of thiocarbonyl (C=S) groups is 1. The van der Waals surface area contributed by atoms with Crippen LogP contribution in [0.15, 0.2) is 24.3 Å². The van der Waals surface area contributed by atoms with E-state index >= 15 is 0 Å². The summed E-state index contributed by atoms with van der Waals surface area (Å²) in [6, 6.07) is 7.05. The first-order valence-electron chi connectivity index (χ1n) is 5.64. The Kier molecular flexibility index (Phi) is 5.63. The molecule has 1 rings (SSSR count). The number of hydrogen-bond donors (Lipinski definition) is 0. The highest BCUT2D eigenvalue weighted by Gasteiger charge is 2.15. The summed E-state index contributed by atoms with van der Waals surface area (Å²) < 4.78 is 10.3. The predicted octanol–water partition coefficient (Wildman–Crippen LogP) is 2.97. The molecule has 0 saturated carbocycles. The highest BCUT2D eigenvalue weighted by Crippen LogP contribution is 2.13. The number of carbonyl (C=O) groups is 1. The van der Waals surface area contributed by atoms with E-state index in [0.29, 0.717) is 29.4 Å². The number of carbonyl (C=O) groups excluding carboxylic acids is 1. The lowest BCUT2D eigenvalue weighted by molar-refractivity contribution is 0.0504. The molecule has 0 unspecified atom stereocenters. The highest BCUT2D eigenvalue weighted by atomic mass is 32.1. The van der Waals surface area contributed by atoms with E-state index in [-0.39, 0.29) is 5.97 Å². The molecule has 0 heterocycles. The maximum atomic E-state index is 11.8. The lowest BCUT2D eigenvalue weighted by Crippen LogP contribution is -2.13. The van der Waals surface area contributed by atoms with E-state index in [9.17, 15) is 4.79 Å². The third-order valence-corrected chi connectivity index (χ3v) is 2.42. The Balaban J connectivity index is 2.91. The molecule has 0 aliphatic heterocycles. The summed E-state index contributed by atoms with van der Waals surface area (Å²) >= 11 is 5.11. The Morgan fingerprint density at radius 1 is 1.18 bits per heavy atom. The van der Waals surface area contributed by atoms with Gasteiger partial charge in [-0.1, -0.05) is 19.1 Å². The van der Waals surface area contributed by atoms with Gasteiger partial charge in [-0.25, -0.2) is 4.79 Å².